The third-order valence-electron chi connectivity index (χ3n) is 3.26. The third-order valence-corrected chi connectivity index (χ3v) is 3.51. The number of ether oxygens (including phenoxy) is 1. The largest absolute Gasteiger partial charge is 0.377 e. The van der Waals surface area contributed by atoms with Crippen molar-refractivity contribution in [3.63, 3.8) is 0 Å². The van der Waals surface area contributed by atoms with Crippen LogP contribution in [0, 0.1) is 0 Å². The summed E-state index contributed by atoms with van der Waals surface area (Å²) in [6.07, 6.45) is 0.764. The van der Waals surface area contributed by atoms with Crippen molar-refractivity contribution in [3.8, 4) is 0 Å². The molecule has 1 saturated heterocycles. The van der Waals surface area contributed by atoms with Crippen molar-refractivity contribution in [1.29, 1.82) is 0 Å². The Morgan fingerprint density at radius 3 is 2.75 bits per heavy atom. The van der Waals surface area contributed by atoms with E-state index in [-0.39, 0.29) is 6.04 Å². The molecule has 0 radical (unpaired) electrons. The van der Waals surface area contributed by atoms with Gasteiger partial charge < -0.3 is 15.0 Å². The molecule has 0 unspecified atom stereocenters. The SMILES string of the molecule is CC[C@H]1COCCN1C(=O)C(=O)Nc1ccc(Cl)cc1. The van der Waals surface area contributed by atoms with Crippen LogP contribution in [0.4, 0.5) is 5.69 Å². The Labute approximate surface area is 122 Å². The van der Waals surface area contributed by atoms with Gasteiger partial charge in [0.25, 0.3) is 0 Å². The van der Waals surface area contributed by atoms with E-state index in [0.29, 0.717) is 30.5 Å². The minimum absolute atomic E-state index is 0.0350. The molecule has 2 rings (SSSR count). The van der Waals surface area contributed by atoms with Gasteiger partial charge in [0.05, 0.1) is 19.3 Å². The summed E-state index contributed by atoms with van der Waals surface area (Å²) in [4.78, 5) is 25.7. The number of nitrogens with zero attached hydrogens (tertiary/aromatic N) is 1. The van der Waals surface area contributed by atoms with E-state index in [2.05, 4.69) is 5.32 Å². The predicted octanol–water partition coefficient (Wildman–Crippen LogP) is 1.92. The van der Waals surface area contributed by atoms with Gasteiger partial charge in [-0.15, -0.1) is 0 Å². The molecule has 5 nitrogen and oxygen atoms in total. The van der Waals surface area contributed by atoms with Gasteiger partial charge in [0.15, 0.2) is 0 Å². The summed E-state index contributed by atoms with van der Waals surface area (Å²) in [6.45, 7) is 3.37. The molecule has 2 amide bonds. The van der Waals surface area contributed by atoms with Crippen molar-refractivity contribution >= 4 is 29.1 Å². The lowest BCUT2D eigenvalue weighted by atomic mass is 10.1. The monoisotopic (exact) mass is 296 g/mol. The number of anilines is 1. The van der Waals surface area contributed by atoms with Crippen molar-refractivity contribution in [2.45, 2.75) is 19.4 Å². The number of rotatable bonds is 2. The molecule has 1 aromatic rings. The van der Waals surface area contributed by atoms with Gasteiger partial charge in [-0.3, -0.25) is 9.59 Å². The van der Waals surface area contributed by atoms with Crippen LogP contribution in [0.25, 0.3) is 0 Å². The number of benzene rings is 1. The highest BCUT2D eigenvalue weighted by Crippen LogP contribution is 2.15. The fourth-order valence-electron chi connectivity index (χ4n) is 2.11. The Morgan fingerprint density at radius 1 is 1.40 bits per heavy atom. The molecule has 0 bridgehead atoms. The van der Waals surface area contributed by atoms with E-state index < -0.39 is 11.8 Å². The van der Waals surface area contributed by atoms with Crippen LogP contribution in [0.15, 0.2) is 24.3 Å². The van der Waals surface area contributed by atoms with Crippen LogP contribution in [-0.2, 0) is 14.3 Å². The first-order valence-corrected chi connectivity index (χ1v) is 6.95. The average molecular weight is 297 g/mol. The smallest absolute Gasteiger partial charge is 0.313 e. The number of carbonyl (C=O) groups excluding carboxylic acids is 2. The Balaban J connectivity index is 2.00. The van der Waals surface area contributed by atoms with E-state index in [1.54, 1.807) is 29.2 Å². The zero-order valence-electron chi connectivity index (χ0n) is 11.3. The molecular weight excluding hydrogens is 280 g/mol. The van der Waals surface area contributed by atoms with E-state index >= 15 is 0 Å². The van der Waals surface area contributed by atoms with Gasteiger partial charge in [-0.05, 0) is 30.7 Å². The van der Waals surface area contributed by atoms with Gasteiger partial charge in [-0.1, -0.05) is 18.5 Å². The van der Waals surface area contributed by atoms with Crippen molar-refractivity contribution < 1.29 is 14.3 Å². The van der Waals surface area contributed by atoms with Gasteiger partial charge in [0.2, 0.25) is 0 Å². The van der Waals surface area contributed by atoms with Crippen LogP contribution in [0.5, 0.6) is 0 Å². The summed E-state index contributed by atoms with van der Waals surface area (Å²) >= 11 is 5.77. The molecule has 0 spiro atoms. The number of halogens is 1. The van der Waals surface area contributed by atoms with Gasteiger partial charge in [0, 0.05) is 17.3 Å². The molecule has 20 heavy (non-hydrogen) atoms. The Kier molecular flexibility index (Phi) is 4.98. The standard InChI is InChI=1S/C14H17ClN2O3/c1-2-12-9-20-8-7-17(12)14(19)13(18)16-11-5-3-10(15)4-6-11/h3-6,12H,2,7-9H2,1H3,(H,16,18)/t12-/m0/s1. The molecule has 1 aliphatic rings. The van der Waals surface area contributed by atoms with Crippen molar-refractivity contribution in [2.75, 3.05) is 25.1 Å². The molecule has 108 valence electrons. The zero-order chi connectivity index (χ0) is 14.5. The molecule has 1 N–H and O–H groups in total. The highest BCUT2D eigenvalue weighted by atomic mass is 35.5. The lowest BCUT2D eigenvalue weighted by Crippen LogP contribution is -2.51. The lowest BCUT2D eigenvalue weighted by Gasteiger charge is -2.34. The Morgan fingerprint density at radius 2 is 2.10 bits per heavy atom. The minimum atomic E-state index is -0.632. The predicted molar refractivity (Wildman–Crippen MR) is 76.7 cm³/mol. The highest BCUT2D eigenvalue weighted by molar-refractivity contribution is 6.39. The Bertz CT molecular complexity index is 490. The molecular formula is C14H17ClN2O3. The van der Waals surface area contributed by atoms with Crippen molar-refractivity contribution in [1.82, 2.24) is 4.90 Å². The number of hydrogen-bond acceptors (Lipinski definition) is 3. The maximum atomic E-state index is 12.2. The fourth-order valence-corrected chi connectivity index (χ4v) is 2.23. The van der Waals surface area contributed by atoms with Gasteiger partial charge >= 0.3 is 11.8 Å². The molecule has 0 saturated carbocycles. The van der Waals surface area contributed by atoms with Crippen LogP contribution in [0.1, 0.15) is 13.3 Å². The number of carbonyl (C=O) groups is 2. The van der Waals surface area contributed by atoms with E-state index in [1.807, 2.05) is 6.92 Å². The first-order chi connectivity index (χ1) is 9.61. The Hall–Kier alpha value is -1.59. The summed E-state index contributed by atoms with van der Waals surface area (Å²) in [5.74, 6) is -1.15. The molecule has 1 aromatic carbocycles. The second-order valence-corrected chi connectivity index (χ2v) is 5.03. The van der Waals surface area contributed by atoms with Gasteiger partial charge in [0.1, 0.15) is 0 Å². The quantitative estimate of drug-likeness (QED) is 0.848. The summed E-state index contributed by atoms with van der Waals surface area (Å²) in [6, 6.07) is 6.59. The molecule has 1 fully saturated rings. The molecule has 1 aliphatic heterocycles. The maximum Gasteiger partial charge on any atom is 0.313 e. The minimum Gasteiger partial charge on any atom is -0.377 e. The second-order valence-electron chi connectivity index (χ2n) is 4.60. The fraction of sp³-hybridized carbons (Fsp3) is 0.429. The maximum absolute atomic E-state index is 12.2. The van der Waals surface area contributed by atoms with Crippen LogP contribution in [0.3, 0.4) is 0 Å². The third kappa shape index (κ3) is 3.49. The topological polar surface area (TPSA) is 58.6 Å². The van der Waals surface area contributed by atoms with Gasteiger partial charge in [-0.25, -0.2) is 0 Å². The summed E-state index contributed by atoms with van der Waals surface area (Å²) in [5.41, 5.74) is 0.550. The first-order valence-electron chi connectivity index (χ1n) is 6.57. The molecule has 6 heteroatoms. The van der Waals surface area contributed by atoms with Gasteiger partial charge in [-0.2, -0.15) is 0 Å². The molecule has 0 aliphatic carbocycles. The van der Waals surface area contributed by atoms with Crippen LogP contribution in [-0.4, -0.2) is 42.5 Å². The number of hydrogen-bond donors (Lipinski definition) is 1. The average Bonchev–Trinajstić information content (AvgIpc) is 2.48. The number of morpholine rings is 1. The number of nitrogens with one attached hydrogen (secondary N) is 1. The molecule has 1 heterocycles. The zero-order valence-corrected chi connectivity index (χ0v) is 12.0. The highest BCUT2D eigenvalue weighted by Gasteiger charge is 2.30. The van der Waals surface area contributed by atoms with Crippen LogP contribution < -0.4 is 5.32 Å². The van der Waals surface area contributed by atoms with Crippen LogP contribution >= 0.6 is 11.6 Å². The van der Waals surface area contributed by atoms with Crippen LogP contribution in [0.2, 0.25) is 5.02 Å². The summed E-state index contributed by atoms with van der Waals surface area (Å²) in [5, 5.41) is 3.16. The van der Waals surface area contributed by atoms with E-state index in [0.717, 1.165) is 6.42 Å². The number of amides is 2. The summed E-state index contributed by atoms with van der Waals surface area (Å²) < 4.78 is 5.32. The lowest BCUT2D eigenvalue weighted by molar-refractivity contribution is -0.149. The second kappa shape index (κ2) is 6.72. The van der Waals surface area contributed by atoms with Crippen molar-refractivity contribution in [3.05, 3.63) is 29.3 Å². The van der Waals surface area contributed by atoms with E-state index in [1.165, 1.54) is 0 Å². The normalized spacial score (nSPS) is 18.7. The first kappa shape index (κ1) is 14.8. The molecule has 0 aromatic heterocycles. The molecule has 1 atom stereocenters. The summed E-state index contributed by atoms with van der Waals surface area (Å²) in [7, 11) is 0. The van der Waals surface area contributed by atoms with Crippen molar-refractivity contribution in [2.24, 2.45) is 0 Å². The van der Waals surface area contributed by atoms with E-state index in [4.69, 9.17) is 16.3 Å². The van der Waals surface area contributed by atoms with E-state index in [9.17, 15) is 9.59 Å².